The van der Waals surface area contributed by atoms with Crippen LogP contribution in [0.5, 0.6) is 5.75 Å². The van der Waals surface area contributed by atoms with Gasteiger partial charge in [-0.3, -0.25) is 9.59 Å². The van der Waals surface area contributed by atoms with Crippen LogP contribution < -0.4 is 15.6 Å². The summed E-state index contributed by atoms with van der Waals surface area (Å²) in [4.78, 5) is 24.3. The molecule has 152 valence electrons. The number of unbranched alkanes of at least 4 members (excludes halogenated alkanes) is 1. The molecule has 0 aliphatic heterocycles. The third kappa shape index (κ3) is 4.77. The molecule has 6 heteroatoms. The molecule has 1 N–H and O–H groups in total. The summed E-state index contributed by atoms with van der Waals surface area (Å²) < 4.78 is 8.97. The van der Waals surface area contributed by atoms with Crippen molar-refractivity contribution < 1.29 is 9.53 Å². The maximum atomic E-state index is 12.7. The summed E-state index contributed by atoms with van der Waals surface area (Å²) in [5, 5.41) is 2.99. The normalized spacial score (nSPS) is 10.7. The molecule has 0 spiro atoms. The number of nitrogens with one attached hydrogen (secondary N) is 1. The summed E-state index contributed by atoms with van der Waals surface area (Å²) in [7, 11) is 1.64. The van der Waals surface area contributed by atoms with Gasteiger partial charge in [-0.1, -0.05) is 6.07 Å². The number of carbonyl (C=O) groups is 1. The Morgan fingerprint density at radius 1 is 1.07 bits per heavy atom. The van der Waals surface area contributed by atoms with Crippen LogP contribution in [0.1, 0.15) is 34.6 Å². The van der Waals surface area contributed by atoms with Gasteiger partial charge in [0.2, 0.25) is 5.56 Å². The number of aromatic nitrogens is 2. The first-order valence-corrected chi connectivity index (χ1v) is 9.78. The summed E-state index contributed by atoms with van der Waals surface area (Å²) in [5.74, 6) is 0.724. The van der Waals surface area contributed by atoms with Gasteiger partial charge in [0, 0.05) is 42.4 Å². The minimum absolute atomic E-state index is 0.00232. The van der Waals surface area contributed by atoms with Crippen molar-refractivity contribution in [3.8, 4) is 11.4 Å². The summed E-state index contributed by atoms with van der Waals surface area (Å²) in [6.45, 7) is 5.17. The van der Waals surface area contributed by atoms with Crippen LogP contribution >= 0.6 is 0 Å². The molecule has 6 nitrogen and oxygen atoms in total. The summed E-state index contributed by atoms with van der Waals surface area (Å²) in [6.07, 6.45) is 3.42. The van der Waals surface area contributed by atoms with Crippen LogP contribution in [0.25, 0.3) is 5.69 Å². The molecule has 1 aromatic carbocycles. The van der Waals surface area contributed by atoms with E-state index in [-0.39, 0.29) is 11.5 Å². The lowest BCUT2D eigenvalue weighted by Crippen LogP contribution is -2.25. The Bertz CT molecular complexity index is 1030. The quantitative estimate of drug-likeness (QED) is 0.596. The Morgan fingerprint density at radius 2 is 1.83 bits per heavy atom. The van der Waals surface area contributed by atoms with Gasteiger partial charge in [-0.2, -0.15) is 0 Å². The number of ether oxygens (including phenoxy) is 1. The minimum atomic E-state index is -0.0743. The Kier molecular flexibility index (Phi) is 6.54. The Balaban J connectivity index is 1.58. The molecule has 0 unspecified atom stereocenters. The highest BCUT2D eigenvalue weighted by molar-refractivity contribution is 5.95. The smallest absolute Gasteiger partial charge is 0.253 e. The maximum absolute atomic E-state index is 12.7. The zero-order valence-electron chi connectivity index (χ0n) is 17.1. The highest BCUT2D eigenvalue weighted by Gasteiger charge is 2.16. The Morgan fingerprint density at radius 3 is 2.52 bits per heavy atom. The monoisotopic (exact) mass is 393 g/mol. The lowest BCUT2D eigenvalue weighted by molar-refractivity contribution is 0.0952. The van der Waals surface area contributed by atoms with Crippen molar-refractivity contribution in [2.75, 3.05) is 13.7 Å². The van der Waals surface area contributed by atoms with E-state index in [1.807, 2.05) is 50.2 Å². The average molecular weight is 393 g/mol. The summed E-state index contributed by atoms with van der Waals surface area (Å²) in [6, 6.07) is 14.8. The van der Waals surface area contributed by atoms with Crippen molar-refractivity contribution in [1.29, 1.82) is 0 Å². The molecule has 0 aliphatic carbocycles. The fourth-order valence-electron chi connectivity index (χ4n) is 3.47. The second-order valence-corrected chi connectivity index (χ2v) is 7.01. The first-order valence-electron chi connectivity index (χ1n) is 9.78. The Labute approximate surface area is 170 Å². The van der Waals surface area contributed by atoms with Crippen LogP contribution in [0.3, 0.4) is 0 Å². The first-order chi connectivity index (χ1) is 14.0. The van der Waals surface area contributed by atoms with E-state index in [1.54, 1.807) is 30.0 Å². The lowest BCUT2D eigenvalue weighted by atomic mass is 10.2. The van der Waals surface area contributed by atoms with E-state index in [0.717, 1.165) is 35.7 Å². The van der Waals surface area contributed by atoms with Gasteiger partial charge < -0.3 is 19.2 Å². The molecule has 0 saturated carbocycles. The number of nitrogens with zero attached hydrogens (tertiary/aromatic N) is 2. The highest BCUT2D eigenvalue weighted by Crippen LogP contribution is 2.22. The van der Waals surface area contributed by atoms with Crippen molar-refractivity contribution >= 4 is 5.91 Å². The number of carbonyl (C=O) groups excluding carboxylic acids is 1. The molecule has 3 rings (SSSR count). The third-order valence-corrected chi connectivity index (χ3v) is 5.02. The van der Waals surface area contributed by atoms with E-state index in [2.05, 4.69) is 9.88 Å². The molecule has 29 heavy (non-hydrogen) atoms. The molecule has 0 radical (unpaired) electrons. The molecule has 2 aromatic heterocycles. The molecule has 0 atom stereocenters. The number of hydrogen-bond donors (Lipinski definition) is 1. The van der Waals surface area contributed by atoms with Gasteiger partial charge >= 0.3 is 0 Å². The second-order valence-electron chi connectivity index (χ2n) is 7.01. The van der Waals surface area contributed by atoms with E-state index in [1.165, 1.54) is 0 Å². The predicted octanol–water partition coefficient (Wildman–Crippen LogP) is 3.47. The fraction of sp³-hybridized carbons (Fsp3) is 0.304. The van der Waals surface area contributed by atoms with E-state index in [4.69, 9.17) is 4.74 Å². The second kappa shape index (κ2) is 9.28. The van der Waals surface area contributed by atoms with Crippen LogP contribution in [0, 0.1) is 13.8 Å². The molecule has 0 bridgehead atoms. The number of benzene rings is 1. The Hall–Kier alpha value is -3.28. The fourth-order valence-corrected chi connectivity index (χ4v) is 3.47. The van der Waals surface area contributed by atoms with Gasteiger partial charge in [0.1, 0.15) is 5.75 Å². The zero-order valence-corrected chi connectivity index (χ0v) is 17.1. The van der Waals surface area contributed by atoms with Gasteiger partial charge in [-0.25, -0.2) is 0 Å². The predicted molar refractivity (Wildman–Crippen MR) is 114 cm³/mol. The van der Waals surface area contributed by atoms with Gasteiger partial charge in [0.05, 0.1) is 12.7 Å². The number of pyridine rings is 1. The van der Waals surface area contributed by atoms with Crippen molar-refractivity contribution in [3.05, 3.63) is 82.0 Å². The molecule has 2 heterocycles. The molecule has 0 fully saturated rings. The highest BCUT2D eigenvalue weighted by atomic mass is 16.5. The van der Waals surface area contributed by atoms with E-state index < -0.39 is 0 Å². The van der Waals surface area contributed by atoms with Crippen molar-refractivity contribution in [2.45, 2.75) is 33.2 Å². The first kappa shape index (κ1) is 20.5. The van der Waals surface area contributed by atoms with Crippen LogP contribution in [-0.2, 0) is 6.54 Å². The van der Waals surface area contributed by atoms with Crippen molar-refractivity contribution in [2.24, 2.45) is 0 Å². The van der Waals surface area contributed by atoms with Crippen molar-refractivity contribution in [1.82, 2.24) is 14.5 Å². The molecule has 3 aromatic rings. The van der Waals surface area contributed by atoms with Crippen LogP contribution in [0.2, 0.25) is 0 Å². The average Bonchev–Trinajstić information content (AvgIpc) is 3.03. The SMILES string of the molecule is COc1ccc(-n2c(C)cc(C(=O)NCCCCn3ccccc3=O)c2C)cc1. The van der Waals surface area contributed by atoms with Crippen molar-refractivity contribution in [3.63, 3.8) is 0 Å². The molecular formula is C23H27N3O3. The van der Waals surface area contributed by atoms with Gasteiger partial charge in [0.25, 0.3) is 5.91 Å². The van der Waals surface area contributed by atoms with Crippen LogP contribution in [0.4, 0.5) is 0 Å². The molecule has 0 aliphatic rings. The lowest BCUT2D eigenvalue weighted by Gasteiger charge is -2.11. The standard InChI is InChI=1S/C23H27N3O3/c1-17-16-21(18(2)26(17)19-9-11-20(29-3)12-10-19)23(28)24-13-5-7-15-25-14-6-4-8-22(25)27/h4,6,8-12,14,16H,5,7,13,15H2,1-3H3,(H,24,28). The largest absolute Gasteiger partial charge is 0.497 e. The molecular weight excluding hydrogens is 366 g/mol. The summed E-state index contributed by atoms with van der Waals surface area (Å²) in [5.41, 5.74) is 3.58. The molecule has 0 saturated heterocycles. The van der Waals surface area contributed by atoms with Gasteiger partial charge in [0.15, 0.2) is 0 Å². The minimum Gasteiger partial charge on any atom is -0.497 e. The number of rotatable bonds is 8. The third-order valence-electron chi connectivity index (χ3n) is 5.02. The number of methoxy groups -OCH3 is 1. The van der Waals surface area contributed by atoms with E-state index >= 15 is 0 Å². The number of aryl methyl sites for hydroxylation is 2. The number of amides is 1. The molecule has 1 amide bonds. The number of hydrogen-bond acceptors (Lipinski definition) is 3. The van der Waals surface area contributed by atoms with E-state index in [0.29, 0.717) is 18.7 Å². The topological polar surface area (TPSA) is 65.3 Å². The zero-order chi connectivity index (χ0) is 20.8. The van der Waals surface area contributed by atoms with Crippen LogP contribution in [0.15, 0.2) is 59.5 Å². The van der Waals surface area contributed by atoms with Crippen LogP contribution in [-0.4, -0.2) is 28.7 Å². The van der Waals surface area contributed by atoms with Gasteiger partial charge in [-0.15, -0.1) is 0 Å². The summed E-state index contributed by atoms with van der Waals surface area (Å²) >= 11 is 0. The van der Waals surface area contributed by atoms with Gasteiger partial charge in [-0.05, 0) is 63.1 Å². The maximum Gasteiger partial charge on any atom is 0.253 e. The van der Waals surface area contributed by atoms with E-state index in [9.17, 15) is 9.59 Å².